The molecule has 0 saturated heterocycles. The van der Waals surface area contributed by atoms with Gasteiger partial charge in [-0.3, -0.25) is 4.79 Å². The topological polar surface area (TPSA) is 55.1 Å². The van der Waals surface area contributed by atoms with Crippen LogP contribution in [0.15, 0.2) is 24.3 Å². The minimum atomic E-state index is -0.0914. The molecule has 0 aromatic heterocycles. The van der Waals surface area contributed by atoms with Crippen molar-refractivity contribution in [3.05, 3.63) is 34.9 Å². The molecular formula is C14H19ClN2O. The standard InChI is InChI=1S/C14H19ClN2O/c1-10(16)7-13(18)17-9-14(5-6-14)11-3-2-4-12(15)8-11/h2-4,8,10H,5-7,9,16H2,1H3,(H,17,18). The first-order chi connectivity index (χ1) is 8.52. The minimum absolute atomic E-state index is 0.0262. The van der Waals surface area contributed by atoms with Crippen LogP contribution >= 0.6 is 11.6 Å². The number of rotatable bonds is 5. The molecule has 3 nitrogen and oxygen atoms in total. The number of benzene rings is 1. The lowest BCUT2D eigenvalue weighted by Crippen LogP contribution is -2.35. The summed E-state index contributed by atoms with van der Waals surface area (Å²) in [5.41, 5.74) is 6.92. The number of nitrogens with two attached hydrogens (primary N) is 1. The molecule has 1 aromatic carbocycles. The van der Waals surface area contributed by atoms with Crippen molar-refractivity contribution in [2.24, 2.45) is 5.73 Å². The molecule has 1 aliphatic rings. The maximum Gasteiger partial charge on any atom is 0.221 e. The monoisotopic (exact) mass is 266 g/mol. The van der Waals surface area contributed by atoms with E-state index in [0.29, 0.717) is 13.0 Å². The first-order valence-electron chi connectivity index (χ1n) is 6.30. The summed E-state index contributed by atoms with van der Waals surface area (Å²) in [6, 6.07) is 7.81. The summed E-state index contributed by atoms with van der Waals surface area (Å²) in [5, 5.41) is 3.72. The predicted molar refractivity (Wildman–Crippen MR) is 73.6 cm³/mol. The van der Waals surface area contributed by atoms with Gasteiger partial charge in [0, 0.05) is 29.4 Å². The molecule has 2 rings (SSSR count). The fourth-order valence-corrected chi connectivity index (χ4v) is 2.36. The largest absolute Gasteiger partial charge is 0.355 e. The zero-order chi connectivity index (χ0) is 13.2. The molecule has 0 spiro atoms. The van der Waals surface area contributed by atoms with Crippen LogP contribution in [-0.2, 0) is 10.2 Å². The maximum absolute atomic E-state index is 11.6. The van der Waals surface area contributed by atoms with Gasteiger partial charge in [0.15, 0.2) is 0 Å². The Kier molecular flexibility index (Phi) is 3.93. The average Bonchev–Trinajstić information content (AvgIpc) is 3.06. The lowest BCUT2D eigenvalue weighted by Gasteiger charge is -2.17. The van der Waals surface area contributed by atoms with Crippen LogP contribution in [-0.4, -0.2) is 18.5 Å². The van der Waals surface area contributed by atoms with E-state index >= 15 is 0 Å². The molecule has 98 valence electrons. The quantitative estimate of drug-likeness (QED) is 0.859. The number of hydrogen-bond acceptors (Lipinski definition) is 2. The van der Waals surface area contributed by atoms with Gasteiger partial charge in [-0.05, 0) is 37.5 Å². The van der Waals surface area contributed by atoms with Crippen LogP contribution in [0.3, 0.4) is 0 Å². The van der Waals surface area contributed by atoms with Gasteiger partial charge in [0.25, 0.3) is 0 Å². The highest BCUT2D eigenvalue weighted by Gasteiger charge is 2.44. The normalized spacial score (nSPS) is 18.2. The number of hydrogen-bond donors (Lipinski definition) is 2. The van der Waals surface area contributed by atoms with E-state index in [2.05, 4.69) is 11.4 Å². The van der Waals surface area contributed by atoms with Crippen molar-refractivity contribution in [1.29, 1.82) is 0 Å². The van der Waals surface area contributed by atoms with Gasteiger partial charge in [-0.15, -0.1) is 0 Å². The molecular weight excluding hydrogens is 248 g/mol. The van der Waals surface area contributed by atoms with Gasteiger partial charge in [-0.25, -0.2) is 0 Å². The second-order valence-corrected chi connectivity index (χ2v) is 5.69. The van der Waals surface area contributed by atoms with Crippen LogP contribution in [0.5, 0.6) is 0 Å². The summed E-state index contributed by atoms with van der Waals surface area (Å²) in [4.78, 5) is 11.6. The zero-order valence-electron chi connectivity index (χ0n) is 10.6. The van der Waals surface area contributed by atoms with E-state index in [1.165, 1.54) is 5.56 Å². The third kappa shape index (κ3) is 3.24. The fraction of sp³-hybridized carbons (Fsp3) is 0.500. The number of halogens is 1. The molecule has 0 heterocycles. The Morgan fingerprint density at radius 2 is 2.28 bits per heavy atom. The van der Waals surface area contributed by atoms with Crippen molar-refractivity contribution in [3.63, 3.8) is 0 Å². The molecule has 1 amide bonds. The van der Waals surface area contributed by atoms with Gasteiger partial charge >= 0.3 is 0 Å². The molecule has 1 fully saturated rings. The van der Waals surface area contributed by atoms with Gasteiger partial charge in [0.2, 0.25) is 5.91 Å². The average molecular weight is 267 g/mol. The van der Waals surface area contributed by atoms with Gasteiger partial charge < -0.3 is 11.1 Å². The summed E-state index contributed by atoms with van der Waals surface area (Å²) in [6.45, 7) is 2.52. The Balaban J connectivity index is 1.95. The molecule has 4 heteroatoms. The molecule has 1 atom stereocenters. The lowest BCUT2D eigenvalue weighted by molar-refractivity contribution is -0.121. The van der Waals surface area contributed by atoms with Crippen LogP contribution < -0.4 is 11.1 Å². The summed E-state index contributed by atoms with van der Waals surface area (Å²) >= 11 is 6.01. The van der Waals surface area contributed by atoms with Gasteiger partial charge in [0.05, 0.1) is 0 Å². The van der Waals surface area contributed by atoms with Crippen LogP contribution in [0.1, 0.15) is 31.7 Å². The summed E-state index contributed by atoms with van der Waals surface area (Å²) in [5.74, 6) is 0.0262. The van der Waals surface area contributed by atoms with Crippen molar-refractivity contribution >= 4 is 17.5 Å². The Hall–Kier alpha value is -1.06. The van der Waals surface area contributed by atoms with Gasteiger partial charge in [-0.2, -0.15) is 0 Å². The zero-order valence-corrected chi connectivity index (χ0v) is 11.3. The highest BCUT2D eigenvalue weighted by Crippen LogP contribution is 2.48. The molecule has 1 aliphatic carbocycles. The third-order valence-corrected chi connectivity index (χ3v) is 3.66. The third-order valence-electron chi connectivity index (χ3n) is 3.42. The van der Waals surface area contributed by atoms with Crippen LogP contribution in [0.25, 0.3) is 0 Å². The Labute approximate surface area is 113 Å². The summed E-state index contributed by atoms with van der Waals surface area (Å²) < 4.78 is 0. The number of carbonyl (C=O) groups is 1. The number of nitrogens with one attached hydrogen (secondary N) is 1. The number of amides is 1. The van der Waals surface area contributed by atoms with E-state index in [0.717, 1.165) is 17.9 Å². The Bertz CT molecular complexity index is 441. The second-order valence-electron chi connectivity index (χ2n) is 5.25. The van der Waals surface area contributed by atoms with Crippen molar-refractivity contribution in [3.8, 4) is 0 Å². The summed E-state index contributed by atoms with van der Waals surface area (Å²) in [7, 11) is 0. The van der Waals surface area contributed by atoms with Crippen LogP contribution in [0.4, 0.5) is 0 Å². The van der Waals surface area contributed by atoms with E-state index in [1.807, 2.05) is 25.1 Å². The molecule has 0 bridgehead atoms. The van der Waals surface area contributed by atoms with Crippen LogP contribution in [0, 0.1) is 0 Å². The molecule has 0 aliphatic heterocycles. The van der Waals surface area contributed by atoms with E-state index in [1.54, 1.807) is 0 Å². The molecule has 1 saturated carbocycles. The molecule has 1 aromatic rings. The number of carbonyl (C=O) groups excluding carboxylic acids is 1. The van der Waals surface area contributed by atoms with Crippen molar-refractivity contribution in [1.82, 2.24) is 5.32 Å². The van der Waals surface area contributed by atoms with Crippen molar-refractivity contribution in [2.75, 3.05) is 6.54 Å². The highest BCUT2D eigenvalue weighted by atomic mass is 35.5. The van der Waals surface area contributed by atoms with Gasteiger partial charge in [0.1, 0.15) is 0 Å². The van der Waals surface area contributed by atoms with Crippen LogP contribution in [0.2, 0.25) is 5.02 Å². The lowest BCUT2D eigenvalue weighted by atomic mass is 9.96. The summed E-state index contributed by atoms with van der Waals surface area (Å²) in [6.07, 6.45) is 2.59. The van der Waals surface area contributed by atoms with E-state index in [9.17, 15) is 4.79 Å². The van der Waals surface area contributed by atoms with E-state index < -0.39 is 0 Å². The smallest absolute Gasteiger partial charge is 0.221 e. The Morgan fingerprint density at radius 3 is 2.83 bits per heavy atom. The van der Waals surface area contributed by atoms with E-state index in [4.69, 9.17) is 17.3 Å². The molecule has 0 radical (unpaired) electrons. The second kappa shape index (κ2) is 5.29. The van der Waals surface area contributed by atoms with Crippen molar-refractivity contribution < 1.29 is 4.79 Å². The SMILES string of the molecule is CC(N)CC(=O)NCC1(c2cccc(Cl)c2)CC1. The Morgan fingerprint density at radius 1 is 1.56 bits per heavy atom. The predicted octanol–water partition coefficient (Wildman–Crippen LogP) is 2.23. The van der Waals surface area contributed by atoms with Gasteiger partial charge in [-0.1, -0.05) is 23.7 Å². The van der Waals surface area contributed by atoms with Crippen molar-refractivity contribution in [2.45, 2.75) is 37.6 Å². The molecule has 1 unspecified atom stereocenters. The first kappa shape index (κ1) is 13.4. The maximum atomic E-state index is 11.6. The molecule has 3 N–H and O–H groups in total. The first-order valence-corrected chi connectivity index (χ1v) is 6.68. The minimum Gasteiger partial charge on any atom is -0.355 e. The van der Waals surface area contributed by atoms with E-state index in [-0.39, 0.29) is 17.4 Å². The molecule has 18 heavy (non-hydrogen) atoms. The fourth-order valence-electron chi connectivity index (χ4n) is 2.17. The highest BCUT2D eigenvalue weighted by molar-refractivity contribution is 6.30.